The molecule has 0 spiro atoms. The van der Waals surface area contributed by atoms with Crippen LogP contribution in [0.5, 0.6) is 5.88 Å². The van der Waals surface area contributed by atoms with Crippen molar-refractivity contribution in [3.05, 3.63) is 23.4 Å². The van der Waals surface area contributed by atoms with Crippen molar-refractivity contribution in [1.82, 2.24) is 4.98 Å². The third-order valence-electron chi connectivity index (χ3n) is 2.61. The van der Waals surface area contributed by atoms with E-state index in [1.165, 1.54) is 0 Å². The van der Waals surface area contributed by atoms with E-state index in [1.54, 1.807) is 0 Å². The fourth-order valence-electron chi connectivity index (χ4n) is 1.46. The van der Waals surface area contributed by atoms with E-state index >= 15 is 0 Å². The zero-order valence-corrected chi connectivity index (χ0v) is 11.4. The minimum Gasteiger partial charge on any atom is -0.478 e. The zero-order valence-electron chi connectivity index (χ0n) is 11.4. The molecule has 0 atom stereocenters. The van der Waals surface area contributed by atoms with E-state index in [-0.39, 0.29) is 0 Å². The summed E-state index contributed by atoms with van der Waals surface area (Å²) in [4.78, 5) is 4.44. The topological polar surface area (TPSA) is 48.1 Å². The fraction of sp³-hybridized carbons (Fsp3) is 0.643. The lowest BCUT2D eigenvalue weighted by molar-refractivity contribution is 0.236. The quantitative estimate of drug-likeness (QED) is 0.855. The van der Waals surface area contributed by atoms with E-state index in [0.717, 1.165) is 24.1 Å². The van der Waals surface area contributed by atoms with Crippen LogP contribution >= 0.6 is 0 Å². The first-order valence-electron chi connectivity index (χ1n) is 6.27. The summed E-state index contributed by atoms with van der Waals surface area (Å²) in [6.07, 6.45) is 1.92. The van der Waals surface area contributed by atoms with Gasteiger partial charge < -0.3 is 10.5 Å². The molecule has 3 nitrogen and oxygen atoms in total. The van der Waals surface area contributed by atoms with Crippen LogP contribution in [0.15, 0.2) is 12.1 Å². The maximum Gasteiger partial charge on any atom is 0.213 e. The van der Waals surface area contributed by atoms with E-state index in [1.807, 2.05) is 12.1 Å². The van der Waals surface area contributed by atoms with Crippen molar-refractivity contribution in [2.24, 2.45) is 11.1 Å². The summed E-state index contributed by atoms with van der Waals surface area (Å²) in [6, 6.07) is 3.97. The van der Waals surface area contributed by atoms with Crippen molar-refractivity contribution >= 4 is 0 Å². The molecule has 96 valence electrons. The number of rotatable bonds is 5. The third-order valence-corrected chi connectivity index (χ3v) is 2.61. The Morgan fingerprint density at radius 2 is 2.00 bits per heavy atom. The van der Waals surface area contributed by atoms with Gasteiger partial charge in [-0.3, -0.25) is 0 Å². The Morgan fingerprint density at radius 3 is 2.53 bits per heavy atom. The molecule has 0 radical (unpaired) electrons. The molecule has 0 aromatic carbocycles. The third kappa shape index (κ3) is 5.18. The first-order chi connectivity index (χ1) is 7.94. The maximum atomic E-state index is 5.70. The number of ether oxygens (including phenoxy) is 1. The molecule has 0 aliphatic carbocycles. The van der Waals surface area contributed by atoms with Crippen LogP contribution in [0.2, 0.25) is 0 Å². The molecule has 2 N–H and O–H groups in total. The van der Waals surface area contributed by atoms with Crippen LogP contribution in [0, 0.1) is 5.41 Å². The molecule has 17 heavy (non-hydrogen) atoms. The van der Waals surface area contributed by atoms with Crippen molar-refractivity contribution in [2.75, 3.05) is 6.61 Å². The highest BCUT2D eigenvalue weighted by atomic mass is 16.5. The molecular weight excluding hydrogens is 212 g/mol. The Kier molecular flexibility index (Phi) is 4.94. The second kappa shape index (κ2) is 6.01. The number of hydrogen-bond acceptors (Lipinski definition) is 3. The summed E-state index contributed by atoms with van der Waals surface area (Å²) >= 11 is 0. The highest BCUT2D eigenvalue weighted by Gasteiger charge is 2.10. The molecule has 0 fully saturated rings. The first kappa shape index (κ1) is 14.0. The second-order valence-corrected chi connectivity index (χ2v) is 5.52. The van der Waals surface area contributed by atoms with Crippen LogP contribution in [-0.2, 0) is 13.0 Å². The maximum absolute atomic E-state index is 5.70. The average molecular weight is 236 g/mol. The zero-order chi connectivity index (χ0) is 12.9. The minimum atomic E-state index is 0.291. The Morgan fingerprint density at radius 1 is 1.29 bits per heavy atom. The molecule has 0 bridgehead atoms. The van der Waals surface area contributed by atoms with E-state index in [9.17, 15) is 0 Å². The Labute approximate surface area is 104 Å². The standard InChI is InChI=1S/C14H24N2O/c1-5-12-8-11(10-15)9-13(16-12)17-7-6-14(2,3)4/h8-9H,5-7,10,15H2,1-4H3. The molecule has 0 aliphatic rings. The summed E-state index contributed by atoms with van der Waals surface area (Å²) < 4.78 is 5.70. The molecular formula is C14H24N2O. The lowest BCUT2D eigenvalue weighted by atomic mass is 9.93. The Balaban J connectivity index is 2.64. The number of hydrogen-bond donors (Lipinski definition) is 1. The predicted molar refractivity (Wildman–Crippen MR) is 71.1 cm³/mol. The van der Waals surface area contributed by atoms with Crippen LogP contribution in [0.25, 0.3) is 0 Å². The Bertz CT molecular complexity index is 333. The van der Waals surface area contributed by atoms with Gasteiger partial charge in [-0.15, -0.1) is 0 Å². The highest BCUT2D eigenvalue weighted by molar-refractivity contribution is 5.25. The number of nitrogens with zero attached hydrogens (tertiary/aromatic N) is 1. The molecule has 0 amide bonds. The molecule has 0 unspecified atom stereocenters. The summed E-state index contributed by atoms with van der Waals surface area (Å²) in [7, 11) is 0. The summed E-state index contributed by atoms with van der Waals surface area (Å²) in [6.45, 7) is 9.94. The monoisotopic (exact) mass is 236 g/mol. The SMILES string of the molecule is CCc1cc(CN)cc(OCCC(C)(C)C)n1. The van der Waals surface area contributed by atoms with Crippen LogP contribution in [-0.4, -0.2) is 11.6 Å². The van der Waals surface area contributed by atoms with Gasteiger partial charge >= 0.3 is 0 Å². The van der Waals surface area contributed by atoms with Gasteiger partial charge in [-0.05, 0) is 29.9 Å². The first-order valence-corrected chi connectivity index (χ1v) is 6.27. The molecule has 1 rings (SSSR count). The number of aryl methyl sites for hydroxylation is 1. The van der Waals surface area contributed by atoms with Crippen LogP contribution in [0.1, 0.15) is 45.4 Å². The van der Waals surface area contributed by atoms with Crippen LogP contribution < -0.4 is 10.5 Å². The van der Waals surface area contributed by atoms with E-state index < -0.39 is 0 Å². The molecule has 1 aromatic heterocycles. The summed E-state index contributed by atoms with van der Waals surface area (Å²) in [5, 5.41) is 0. The van der Waals surface area contributed by atoms with E-state index in [4.69, 9.17) is 10.5 Å². The van der Waals surface area contributed by atoms with Crippen molar-refractivity contribution in [2.45, 2.75) is 47.1 Å². The van der Waals surface area contributed by atoms with Gasteiger partial charge in [0.1, 0.15) is 0 Å². The predicted octanol–water partition coefficient (Wildman–Crippen LogP) is 2.92. The number of nitrogens with two attached hydrogens (primary N) is 1. The van der Waals surface area contributed by atoms with Gasteiger partial charge in [-0.25, -0.2) is 4.98 Å². The van der Waals surface area contributed by atoms with Gasteiger partial charge in [-0.1, -0.05) is 27.7 Å². The molecule has 3 heteroatoms. The van der Waals surface area contributed by atoms with Gasteiger partial charge in [-0.2, -0.15) is 0 Å². The van der Waals surface area contributed by atoms with Gasteiger partial charge in [0.25, 0.3) is 0 Å². The fourth-order valence-corrected chi connectivity index (χ4v) is 1.46. The van der Waals surface area contributed by atoms with Crippen LogP contribution in [0.3, 0.4) is 0 Å². The molecule has 0 saturated carbocycles. The average Bonchev–Trinajstić information content (AvgIpc) is 2.26. The van der Waals surface area contributed by atoms with Crippen molar-refractivity contribution < 1.29 is 4.74 Å². The van der Waals surface area contributed by atoms with Crippen molar-refractivity contribution in [1.29, 1.82) is 0 Å². The van der Waals surface area contributed by atoms with E-state index in [2.05, 4.69) is 32.7 Å². The normalized spacial score (nSPS) is 11.6. The van der Waals surface area contributed by atoms with Crippen molar-refractivity contribution in [3.63, 3.8) is 0 Å². The van der Waals surface area contributed by atoms with Crippen molar-refractivity contribution in [3.8, 4) is 5.88 Å². The molecule has 0 saturated heterocycles. The van der Waals surface area contributed by atoms with Gasteiger partial charge in [0, 0.05) is 18.3 Å². The highest BCUT2D eigenvalue weighted by Crippen LogP contribution is 2.19. The molecule has 1 heterocycles. The number of aromatic nitrogens is 1. The summed E-state index contributed by atoms with van der Waals surface area (Å²) in [5.41, 5.74) is 8.07. The smallest absolute Gasteiger partial charge is 0.213 e. The number of pyridine rings is 1. The lowest BCUT2D eigenvalue weighted by Gasteiger charge is -2.18. The van der Waals surface area contributed by atoms with Gasteiger partial charge in [0.2, 0.25) is 5.88 Å². The van der Waals surface area contributed by atoms with Crippen LogP contribution in [0.4, 0.5) is 0 Å². The van der Waals surface area contributed by atoms with Gasteiger partial charge in [0.05, 0.1) is 6.61 Å². The minimum absolute atomic E-state index is 0.291. The summed E-state index contributed by atoms with van der Waals surface area (Å²) in [5.74, 6) is 0.703. The van der Waals surface area contributed by atoms with Gasteiger partial charge in [0.15, 0.2) is 0 Å². The Hall–Kier alpha value is -1.09. The second-order valence-electron chi connectivity index (χ2n) is 5.52. The molecule has 1 aromatic rings. The molecule has 0 aliphatic heterocycles. The van der Waals surface area contributed by atoms with E-state index in [0.29, 0.717) is 24.4 Å². The largest absolute Gasteiger partial charge is 0.478 e. The lowest BCUT2D eigenvalue weighted by Crippen LogP contribution is -2.12.